The number of ketones is 1. The number of rotatable bonds is 11. The van der Waals surface area contributed by atoms with Crippen molar-refractivity contribution >= 4 is 17.4 Å². The Morgan fingerprint density at radius 2 is 2.10 bits per heavy atom. The van der Waals surface area contributed by atoms with E-state index < -0.39 is 0 Å². The molecule has 29 heavy (non-hydrogen) atoms. The molecule has 1 atom stereocenters. The van der Waals surface area contributed by atoms with Gasteiger partial charge in [-0.2, -0.15) is 0 Å². The number of hydrogen-bond acceptors (Lipinski definition) is 3. The van der Waals surface area contributed by atoms with Crippen LogP contribution in [0.25, 0.3) is 0 Å². The van der Waals surface area contributed by atoms with Crippen molar-refractivity contribution in [2.45, 2.75) is 77.7 Å². The first-order valence-corrected chi connectivity index (χ1v) is 11.1. The summed E-state index contributed by atoms with van der Waals surface area (Å²) in [7, 11) is 0. The molecule has 5 heteroatoms. The number of hydrogen-bond donors (Lipinski definition) is 0. The lowest BCUT2D eigenvalue weighted by Crippen LogP contribution is -2.15. The van der Waals surface area contributed by atoms with Crippen LogP contribution in [0.4, 0.5) is 0 Å². The average molecular weight is 414 g/mol. The monoisotopic (exact) mass is 413 g/mol. The summed E-state index contributed by atoms with van der Waals surface area (Å²) in [4.78, 5) is 12.9. The van der Waals surface area contributed by atoms with Crippen LogP contribution in [-0.4, -0.2) is 20.5 Å². The minimum atomic E-state index is 0.0281. The molecule has 0 N–H and O–H groups in total. The second-order valence-corrected chi connectivity index (χ2v) is 9.08. The molecule has 1 fully saturated rings. The van der Waals surface area contributed by atoms with Crippen molar-refractivity contribution in [3.8, 4) is 0 Å². The van der Waals surface area contributed by atoms with E-state index in [1.807, 2.05) is 31.2 Å². The molecule has 0 amide bonds. The summed E-state index contributed by atoms with van der Waals surface area (Å²) in [6.07, 6.45) is 7.87. The maximum Gasteiger partial charge on any atom is 0.138 e. The highest BCUT2D eigenvalue weighted by Crippen LogP contribution is 2.39. The van der Waals surface area contributed by atoms with Gasteiger partial charge in [0.2, 0.25) is 0 Å². The van der Waals surface area contributed by atoms with Gasteiger partial charge in [-0.3, -0.25) is 4.79 Å². The zero-order valence-electron chi connectivity index (χ0n) is 17.8. The number of aryl methyl sites for hydroxylation is 1. The second kappa shape index (κ2) is 9.71. The Hall–Kier alpha value is -1.94. The van der Waals surface area contributed by atoms with Gasteiger partial charge in [0, 0.05) is 36.2 Å². The lowest BCUT2D eigenvalue weighted by molar-refractivity contribution is -0.118. The highest BCUT2D eigenvalue weighted by molar-refractivity contribution is 6.31. The number of allylic oxidation sites excluding steroid dienone is 1. The lowest BCUT2D eigenvalue weighted by Gasteiger charge is -2.17. The maximum absolute atomic E-state index is 12.9. The fourth-order valence-corrected chi connectivity index (χ4v) is 4.01. The average Bonchev–Trinajstić information content (AvgIpc) is 3.42. The first-order valence-electron chi connectivity index (χ1n) is 10.7. The van der Waals surface area contributed by atoms with Gasteiger partial charge in [0.05, 0.1) is 0 Å². The molecular weight excluding hydrogens is 382 g/mol. The van der Waals surface area contributed by atoms with Crippen LogP contribution in [-0.2, 0) is 17.6 Å². The number of aromatic nitrogens is 3. The van der Waals surface area contributed by atoms with Crippen LogP contribution in [0.15, 0.2) is 30.9 Å². The third kappa shape index (κ3) is 5.57. The molecule has 1 aliphatic rings. The van der Waals surface area contributed by atoms with Crippen LogP contribution in [0, 0.1) is 12.8 Å². The standard InChI is InChI=1S/C24H32ClN3O/c1-5-7-19(15-21(29)14-18-8-6-9-22(25)17(18)4)24-27-26-23(13-10-16(2)3)28(24)20-11-12-20/h5-6,8-9,16,19-20H,1,7,10-15H2,2-4H3. The fraction of sp³-hybridized carbons (Fsp3) is 0.542. The van der Waals surface area contributed by atoms with Crippen molar-refractivity contribution in [2.24, 2.45) is 5.92 Å². The van der Waals surface area contributed by atoms with Crippen LogP contribution in [0.2, 0.25) is 5.02 Å². The molecule has 1 aliphatic carbocycles. The quantitative estimate of drug-likeness (QED) is 0.423. The van der Waals surface area contributed by atoms with Gasteiger partial charge in [0.15, 0.2) is 0 Å². The van der Waals surface area contributed by atoms with E-state index in [1.165, 1.54) is 12.8 Å². The summed E-state index contributed by atoms with van der Waals surface area (Å²) in [5.74, 6) is 2.90. The highest BCUT2D eigenvalue weighted by Gasteiger charge is 2.32. The smallest absolute Gasteiger partial charge is 0.138 e. The van der Waals surface area contributed by atoms with Crippen molar-refractivity contribution in [3.05, 3.63) is 58.7 Å². The second-order valence-electron chi connectivity index (χ2n) is 8.67. The molecule has 2 aromatic rings. The molecular formula is C24H32ClN3O. The zero-order chi connectivity index (χ0) is 21.0. The van der Waals surface area contributed by atoms with Gasteiger partial charge >= 0.3 is 0 Å². The van der Waals surface area contributed by atoms with Gasteiger partial charge in [-0.15, -0.1) is 16.8 Å². The molecule has 1 unspecified atom stereocenters. The van der Waals surface area contributed by atoms with Crippen molar-refractivity contribution in [1.82, 2.24) is 14.8 Å². The predicted octanol–water partition coefficient (Wildman–Crippen LogP) is 6.03. The number of benzene rings is 1. The summed E-state index contributed by atoms with van der Waals surface area (Å²) in [5, 5.41) is 9.79. The van der Waals surface area contributed by atoms with Crippen molar-refractivity contribution in [1.29, 1.82) is 0 Å². The Labute approximate surface area is 179 Å². The van der Waals surface area contributed by atoms with Gasteiger partial charge in [0.1, 0.15) is 17.4 Å². The third-order valence-electron chi connectivity index (χ3n) is 5.71. The Kier molecular flexibility index (Phi) is 7.28. The minimum Gasteiger partial charge on any atom is -0.312 e. The lowest BCUT2D eigenvalue weighted by atomic mass is 9.93. The molecule has 0 radical (unpaired) electrons. The van der Waals surface area contributed by atoms with Crippen LogP contribution in [0.3, 0.4) is 0 Å². The number of carbonyl (C=O) groups is 1. The van der Waals surface area contributed by atoms with E-state index in [0.29, 0.717) is 29.8 Å². The molecule has 1 aromatic carbocycles. The van der Waals surface area contributed by atoms with Crippen molar-refractivity contribution in [2.75, 3.05) is 0 Å². The number of Topliss-reactive ketones (excluding diaryl/α,β-unsaturated/α-hetero) is 1. The summed E-state index contributed by atoms with van der Waals surface area (Å²) < 4.78 is 2.33. The molecule has 1 aromatic heterocycles. The van der Waals surface area contributed by atoms with Crippen LogP contribution in [0.5, 0.6) is 0 Å². The van der Waals surface area contributed by atoms with E-state index in [1.54, 1.807) is 0 Å². The largest absolute Gasteiger partial charge is 0.312 e. The Morgan fingerprint density at radius 1 is 1.34 bits per heavy atom. The third-order valence-corrected chi connectivity index (χ3v) is 6.12. The van der Waals surface area contributed by atoms with Gasteiger partial charge in [-0.05, 0) is 55.7 Å². The van der Waals surface area contributed by atoms with Crippen molar-refractivity contribution < 1.29 is 4.79 Å². The van der Waals surface area contributed by atoms with E-state index in [4.69, 9.17) is 11.6 Å². The normalized spacial score (nSPS) is 14.9. The Morgan fingerprint density at radius 3 is 2.76 bits per heavy atom. The molecule has 1 heterocycles. The summed E-state index contributed by atoms with van der Waals surface area (Å²) in [5.41, 5.74) is 1.99. The van der Waals surface area contributed by atoms with E-state index in [0.717, 1.165) is 42.0 Å². The topological polar surface area (TPSA) is 47.8 Å². The molecule has 1 saturated carbocycles. The SMILES string of the molecule is C=CCC(CC(=O)Cc1cccc(Cl)c1C)c1nnc(CCC(C)C)n1C1CC1. The van der Waals surface area contributed by atoms with Gasteiger partial charge in [0.25, 0.3) is 0 Å². The van der Waals surface area contributed by atoms with E-state index in [-0.39, 0.29) is 11.7 Å². The van der Waals surface area contributed by atoms with E-state index >= 15 is 0 Å². The van der Waals surface area contributed by atoms with E-state index in [2.05, 4.69) is 35.2 Å². The van der Waals surface area contributed by atoms with Gasteiger partial charge in [-0.25, -0.2) is 0 Å². The van der Waals surface area contributed by atoms with E-state index in [9.17, 15) is 4.79 Å². The van der Waals surface area contributed by atoms with Gasteiger partial charge in [-0.1, -0.05) is 43.7 Å². The van der Waals surface area contributed by atoms with Crippen LogP contribution in [0.1, 0.15) is 80.7 Å². The number of halogens is 1. The maximum atomic E-state index is 12.9. The van der Waals surface area contributed by atoms with Crippen LogP contribution >= 0.6 is 11.6 Å². The molecule has 156 valence electrons. The first-order chi connectivity index (χ1) is 13.9. The van der Waals surface area contributed by atoms with Crippen LogP contribution < -0.4 is 0 Å². The fourth-order valence-electron chi connectivity index (χ4n) is 3.82. The Bertz CT molecular complexity index is 867. The predicted molar refractivity (Wildman–Crippen MR) is 119 cm³/mol. The first kappa shape index (κ1) is 21.8. The number of carbonyl (C=O) groups excluding carboxylic acids is 1. The summed E-state index contributed by atoms with van der Waals surface area (Å²) >= 11 is 6.22. The summed E-state index contributed by atoms with van der Waals surface area (Å²) in [6.45, 7) is 10.3. The summed E-state index contributed by atoms with van der Waals surface area (Å²) in [6, 6.07) is 6.25. The van der Waals surface area contributed by atoms with Crippen molar-refractivity contribution in [3.63, 3.8) is 0 Å². The molecule has 4 nitrogen and oxygen atoms in total. The molecule has 0 aliphatic heterocycles. The highest BCUT2D eigenvalue weighted by atomic mass is 35.5. The number of nitrogens with zero attached hydrogens (tertiary/aromatic N) is 3. The molecule has 0 spiro atoms. The minimum absolute atomic E-state index is 0.0281. The van der Waals surface area contributed by atoms with Gasteiger partial charge < -0.3 is 4.57 Å². The molecule has 0 bridgehead atoms. The zero-order valence-corrected chi connectivity index (χ0v) is 18.6. The molecule has 0 saturated heterocycles. The molecule has 3 rings (SSSR count). The Balaban J connectivity index is 1.78.